The average Bonchev–Trinajstić information content (AvgIpc) is 3.91. The molecule has 2 aliphatic rings. The third-order valence-electron chi connectivity index (χ3n) is 10.9. The van der Waals surface area contributed by atoms with Gasteiger partial charge < -0.3 is 34.5 Å². The Morgan fingerprint density at radius 3 is 1.47 bits per heavy atom. The predicted molar refractivity (Wildman–Crippen MR) is 239 cm³/mol. The maximum atomic E-state index is 13.3. The summed E-state index contributed by atoms with van der Waals surface area (Å²) in [5.74, 6) is -2.66. The Bertz CT molecular complexity index is 1380. The second-order valence-corrected chi connectivity index (χ2v) is 19.6. The Morgan fingerprint density at radius 2 is 1.13 bits per heavy atom. The molecule has 62 heavy (non-hydrogen) atoms. The molecule has 358 valence electrons. The molecule has 0 aromatic heterocycles. The Balaban J connectivity index is 0.000000620. The van der Waals surface area contributed by atoms with Crippen molar-refractivity contribution in [1.29, 1.82) is 0 Å². The number of hydrogen-bond donors (Lipinski definition) is 3. The Morgan fingerprint density at radius 1 is 0.726 bits per heavy atom. The van der Waals surface area contributed by atoms with E-state index in [0.29, 0.717) is 43.6 Å². The van der Waals surface area contributed by atoms with E-state index in [1.54, 1.807) is 7.05 Å². The molecule has 0 unspecified atom stereocenters. The summed E-state index contributed by atoms with van der Waals surface area (Å²) in [6.07, 6.45) is 11.9. The lowest BCUT2D eigenvalue weighted by Crippen LogP contribution is -2.52. The molecule has 15 heteroatoms. The van der Waals surface area contributed by atoms with Gasteiger partial charge in [0.1, 0.15) is 12.2 Å². The van der Waals surface area contributed by atoms with Crippen molar-refractivity contribution < 1.29 is 52.9 Å². The largest absolute Gasteiger partial charge is 0.461 e. The molecule has 0 aromatic carbocycles. The summed E-state index contributed by atoms with van der Waals surface area (Å²) in [5.41, 5.74) is -0.106. The molecule has 0 bridgehead atoms. The van der Waals surface area contributed by atoms with E-state index in [-0.39, 0.29) is 49.2 Å². The maximum absolute atomic E-state index is 13.3. The summed E-state index contributed by atoms with van der Waals surface area (Å²) in [6.45, 7) is 25.0. The van der Waals surface area contributed by atoms with Crippen LogP contribution in [0.2, 0.25) is 0 Å². The van der Waals surface area contributed by atoms with E-state index in [0.717, 1.165) is 69.8 Å². The lowest BCUT2D eigenvalue weighted by atomic mass is 9.87. The van der Waals surface area contributed by atoms with E-state index in [1.165, 1.54) is 4.90 Å². The van der Waals surface area contributed by atoms with Crippen molar-refractivity contribution in [2.75, 3.05) is 20.3 Å². The normalized spacial score (nSPS) is 17.6. The summed E-state index contributed by atoms with van der Waals surface area (Å²) < 4.78 is 22.9. The number of nitrogens with zero attached hydrogens (tertiary/aromatic N) is 2. The fourth-order valence-electron chi connectivity index (χ4n) is 7.75. The van der Waals surface area contributed by atoms with Crippen LogP contribution >= 0.6 is 0 Å². The monoisotopic (exact) mass is 881 g/mol. The fraction of sp³-hybridized carbons (Fsp3) is 0.830. The van der Waals surface area contributed by atoms with Crippen molar-refractivity contribution >= 4 is 36.6 Å². The first kappa shape index (κ1) is 56.5. The molecule has 0 aromatic rings. The van der Waals surface area contributed by atoms with Crippen molar-refractivity contribution in [3.8, 4) is 0 Å². The minimum Gasteiger partial charge on any atom is -0.461 e. The molecule has 4 amide bonds. The van der Waals surface area contributed by atoms with Crippen molar-refractivity contribution in [1.82, 2.24) is 20.6 Å². The fourth-order valence-corrected chi connectivity index (χ4v) is 7.75. The summed E-state index contributed by atoms with van der Waals surface area (Å²) in [5, 5.41) is 16.3. The van der Waals surface area contributed by atoms with Crippen molar-refractivity contribution in [2.45, 2.75) is 214 Å². The molecular formula is C47H84N4O11. The molecule has 2 saturated carbocycles. The highest BCUT2D eigenvalue weighted by atomic mass is 16.6. The van der Waals surface area contributed by atoms with Gasteiger partial charge in [0.05, 0.1) is 42.3 Å². The number of nitrogens with one attached hydrogen (secondary N) is 2. The molecule has 6 atom stereocenters. The number of carbonyl (C=O) groups is 6. The zero-order valence-corrected chi connectivity index (χ0v) is 40.3. The highest BCUT2D eigenvalue weighted by Gasteiger charge is 2.37. The number of carbonyl (C=O) groups excluding carboxylic acids is 6. The highest BCUT2D eigenvalue weighted by molar-refractivity contribution is 5.87. The number of rotatable bonds is 26. The third-order valence-corrected chi connectivity index (χ3v) is 10.9. The van der Waals surface area contributed by atoms with E-state index in [1.807, 2.05) is 76.2 Å². The van der Waals surface area contributed by atoms with Crippen molar-refractivity contribution in [3.05, 3.63) is 12.2 Å². The molecule has 0 heterocycles. The summed E-state index contributed by atoms with van der Waals surface area (Å²) in [6, 6.07) is -2.80. The van der Waals surface area contributed by atoms with Gasteiger partial charge in [0, 0.05) is 13.1 Å². The van der Waals surface area contributed by atoms with E-state index >= 15 is 0 Å². The van der Waals surface area contributed by atoms with Gasteiger partial charge in [-0.3, -0.25) is 24.4 Å². The molecule has 2 aliphatic carbocycles. The predicted octanol–water partition coefficient (Wildman–Crippen LogP) is 7.06. The smallest absolute Gasteiger partial charge is 0.331 e. The number of ether oxygens (including phenoxy) is 4. The molecule has 0 aliphatic heterocycles. The van der Waals surface area contributed by atoms with E-state index in [2.05, 4.69) is 17.2 Å². The molecular weight excluding hydrogens is 797 g/mol. The maximum Gasteiger partial charge on any atom is 0.331 e. The first-order chi connectivity index (χ1) is 29.0. The molecule has 3 N–H and O–H groups in total. The number of hydroxylamine groups is 2. The Labute approximate surface area is 373 Å². The number of esters is 2. The van der Waals surface area contributed by atoms with Crippen molar-refractivity contribution in [3.63, 3.8) is 0 Å². The van der Waals surface area contributed by atoms with Gasteiger partial charge in [0.25, 0.3) is 0 Å². The zero-order chi connectivity index (χ0) is 47.2. The lowest BCUT2D eigenvalue weighted by molar-refractivity contribution is -0.170. The average molecular weight is 881 g/mol. The highest BCUT2D eigenvalue weighted by Crippen LogP contribution is 2.26. The van der Waals surface area contributed by atoms with Gasteiger partial charge in [-0.1, -0.05) is 46.1 Å². The second kappa shape index (κ2) is 28.3. The van der Waals surface area contributed by atoms with E-state index in [4.69, 9.17) is 18.9 Å². The minimum atomic E-state index is -0.951. The second-order valence-electron chi connectivity index (χ2n) is 19.6. The van der Waals surface area contributed by atoms with Crippen LogP contribution in [0.5, 0.6) is 0 Å². The summed E-state index contributed by atoms with van der Waals surface area (Å²) >= 11 is 0. The topological polar surface area (TPSA) is 190 Å². The SMILES string of the molecule is C=C(C)C[C@@H](C(=O)N[C@@H](COC(C)(C)C)C(=O)OC1CCCC1)[C@H](CCC)N(C)C=O.CCC[C@@H]([C@@H](CC(C)C)C(=O)N[C@@H](COC(C)(C)C)C(=O)OC1CCCC1)N(O)C=O. The first-order valence-corrected chi connectivity index (χ1v) is 23.0. The minimum absolute atomic E-state index is 0.00977. The Hall–Kier alpha value is -3.56. The third kappa shape index (κ3) is 22.2. The quantitative estimate of drug-likeness (QED) is 0.0265. The van der Waals surface area contributed by atoms with Crippen LogP contribution in [0.3, 0.4) is 0 Å². The van der Waals surface area contributed by atoms with Crippen LogP contribution in [0, 0.1) is 17.8 Å². The molecule has 0 radical (unpaired) electrons. The van der Waals surface area contributed by atoms with E-state index < -0.39 is 53.1 Å². The molecule has 0 saturated heterocycles. The van der Waals surface area contributed by atoms with Crippen LogP contribution in [0.25, 0.3) is 0 Å². The molecule has 0 spiro atoms. The van der Waals surface area contributed by atoms with Crippen LogP contribution in [-0.2, 0) is 47.7 Å². The van der Waals surface area contributed by atoms with Gasteiger partial charge >= 0.3 is 11.9 Å². The molecule has 2 rings (SSSR count). The zero-order valence-electron chi connectivity index (χ0n) is 40.3. The van der Waals surface area contributed by atoms with Crippen LogP contribution in [0.15, 0.2) is 12.2 Å². The summed E-state index contributed by atoms with van der Waals surface area (Å²) in [7, 11) is 1.68. The lowest BCUT2D eigenvalue weighted by Gasteiger charge is -2.33. The van der Waals surface area contributed by atoms with E-state index in [9.17, 15) is 34.0 Å². The summed E-state index contributed by atoms with van der Waals surface area (Å²) in [4.78, 5) is 76.5. The van der Waals surface area contributed by atoms with Gasteiger partial charge in [-0.25, -0.2) is 14.7 Å². The van der Waals surface area contributed by atoms with Crippen LogP contribution in [0.1, 0.15) is 166 Å². The first-order valence-electron chi connectivity index (χ1n) is 23.0. The van der Waals surface area contributed by atoms with Gasteiger partial charge in [0.15, 0.2) is 12.1 Å². The standard InChI is InChI=1S/C24H42N2O5.C23H42N2O6/c1-8-11-21(26(7)16-27)19(14-17(2)3)22(28)25-20(15-30-24(4,5)6)23(29)31-18-12-9-10-13-18;1-7-10-20(25(29)15-26)18(13-16(2)3)21(27)24-19(14-30-23(4,5)6)22(28)31-17-11-8-9-12-17/h16,18-21H,2,8-15H2,1,3-7H3,(H,25,28);15-20,29H,7-14H2,1-6H3,(H,24,27)/t19-,20+,21+;18-,19+,20+/m11/s1. The molecule has 15 nitrogen and oxygen atoms in total. The van der Waals surface area contributed by atoms with Gasteiger partial charge in [-0.05, 0) is 131 Å². The molecule has 2 fully saturated rings. The van der Waals surface area contributed by atoms with Crippen LogP contribution in [0.4, 0.5) is 0 Å². The van der Waals surface area contributed by atoms with Gasteiger partial charge in [-0.2, -0.15) is 0 Å². The number of amides is 4. The van der Waals surface area contributed by atoms with Crippen molar-refractivity contribution in [2.24, 2.45) is 17.8 Å². The van der Waals surface area contributed by atoms with Crippen LogP contribution < -0.4 is 10.6 Å². The Kier molecular flexibility index (Phi) is 25.7. The van der Waals surface area contributed by atoms with Gasteiger partial charge in [0.2, 0.25) is 24.6 Å². The number of hydrogen-bond acceptors (Lipinski definition) is 11. The van der Waals surface area contributed by atoms with Crippen LogP contribution in [-0.4, -0.2) is 120 Å². The number of allylic oxidation sites excluding steroid dienone is 1. The van der Waals surface area contributed by atoms with Gasteiger partial charge in [-0.15, -0.1) is 6.58 Å².